The van der Waals surface area contributed by atoms with E-state index in [0.717, 1.165) is 38.5 Å². The highest BCUT2D eigenvalue weighted by atomic mass is 32.2. The summed E-state index contributed by atoms with van der Waals surface area (Å²) in [7, 11) is -4.76. The van der Waals surface area contributed by atoms with E-state index in [-0.39, 0.29) is 13.2 Å². The highest BCUT2D eigenvalue weighted by molar-refractivity contribution is 7.87. The molecule has 0 aliphatic rings. The standard InChI is InChI=1S/C20H38O7S/c1-5-9-16(7-3)11-13-26-19(21)15-18(28(23,24)25)20(22)27-14-12-17(8-4)10-6-2/h16-18H,5-15H2,1-4H3,(H,23,24,25). The molecular formula is C20H38O7S. The Morgan fingerprint density at radius 1 is 0.821 bits per heavy atom. The number of hydrogen-bond acceptors (Lipinski definition) is 6. The molecule has 3 atom stereocenters. The van der Waals surface area contributed by atoms with Crippen molar-refractivity contribution >= 4 is 22.1 Å². The number of ether oxygens (including phenoxy) is 2. The maximum absolute atomic E-state index is 12.1. The van der Waals surface area contributed by atoms with Crippen molar-refractivity contribution < 1.29 is 32.0 Å². The van der Waals surface area contributed by atoms with Crippen LogP contribution in [0.5, 0.6) is 0 Å². The molecule has 7 nitrogen and oxygen atoms in total. The Bertz CT molecular complexity index is 545. The lowest BCUT2D eigenvalue weighted by Gasteiger charge is -2.17. The van der Waals surface area contributed by atoms with Crippen LogP contribution in [0.2, 0.25) is 0 Å². The van der Waals surface area contributed by atoms with Gasteiger partial charge >= 0.3 is 11.9 Å². The summed E-state index contributed by atoms with van der Waals surface area (Å²) < 4.78 is 42.5. The Morgan fingerprint density at radius 3 is 1.68 bits per heavy atom. The molecule has 0 saturated carbocycles. The topological polar surface area (TPSA) is 107 Å². The van der Waals surface area contributed by atoms with Gasteiger partial charge in [-0.1, -0.05) is 66.2 Å². The summed E-state index contributed by atoms with van der Waals surface area (Å²) in [6.07, 6.45) is 6.57. The molecule has 0 radical (unpaired) electrons. The average Bonchev–Trinajstić information content (AvgIpc) is 2.63. The molecule has 0 amide bonds. The Hall–Kier alpha value is -1.15. The van der Waals surface area contributed by atoms with Gasteiger partial charge in [-0.3, -0.25) is 14.1 Å². The van der Waals surface area contributed by atoms with Crippen LogP contribution in [0.25, 0.3) is 0 Å². The quantitative estimate of drug-likeness (QED) is 0.294. The predicted octanol–water partition coefficient (Wildman–Crippen LogP) is 4.15. The second kappa shape index (κ2) is 14.8. The van der Waals surface area contributed by atoms with Gasteiger partial charge in [0.1, 0.15) is 0 Å². The minimum atomic E-state index is -4.76. The van der Waals surface area contributed by atoms with Crippen LogP contribution in [0.3, 0.4) is 0 Å². The first kappa shape index (κ1) is 26.9. The molecule has 166 valence electrons. The van der Waals surface area contributed by atoms with E-state index in [9.17, 15) is 22.6 Å². The van der Waals surface area contributed by atoms with E-state index in [0.29, 0.717) is 24.7 Å². The molecule has 0 aromatic heterocycles. The van der Waals surface area contributed by atoms with Crippen molar-refractivity contribution in [2.75, 3.05) is 13.2 Å². The third-order valence-electron chi connectivity index (χ3n) is 5.08. The van der Waals surface area contributed by atoms with Crippen molar-refractivity contribution in [2.45, 2.75) is 90.7 Å². The molecule has 28 heavy (non-hydrogen) atoms. The molecule has 0 fully saturated rings. The molecule has 0 heterocycles. The number of hydrogen-bond donors (Lipinski definition) is 1. The van der Waals surface area contributed by atoms with Gasteiger partial charge in [-0.2, -0.15) is 8.42 Å². The van der Waals surface area contributed by atoms with E-state index in [4.69, 9.17) is 9.47 Å². The monoisotopic (exact) mass is 422 g/mol. The Kier molecular flexibility index (Phi) is 14.2. The van der Waals surface area contributed by atoms with Crippen molar-refractivity contribution in [3.63, 3.8) is 0 Å². The first-order chi connectivity index (χ1) is 13.2. The zero-order valence-corrected chi connectivity index (χ0v) is 18.6. The van der Waals surface area contributed by atoms with Crippen molar-refractivity contribution in [3.8, 4) is 0 Å². The van der Waals surface area contributed by atoms with Gasteiger partial charge in [0.15, 0.2) is 5.25 Å². The smallest absolute Gasteiger partial charge is 0.327 e. The van der Waals surface area contributed by atoms with Crippen molar-refractivity contribution in [1.82, 2.24) is 0 Å². The number of esters is 2. The lowest BCUT2D eigenvalue weighted by Crippen LogP contribution is -2.35. The fraction of sp³-hybridized carbons (Fsp3) is 0.900. The highest BCUT2D eigenvalue weighted by Gasteiger charge is 2.35. The minimum absolute atomic E-state index is 0.0631. The zero-order chi connectivity index (χ0) is 21.6. The lowest BCUT2D eigenvalue weighted by molar-refractivity contribution is -0.150. The van der Waals surface area contributed by atoms with Crippen LogP contribution in [0.1, 0.15) is 85.5 Å². The van der Waals surface area contributed by atoms with Crippen LogP contribution >= 0.6 is 0 Å². The summed E-state index contributed by atoms with van der Waals surface area (Å²) in [5.74, 6) is -1.11. The van der Waals surface area contributed by atoms with Crippen molar-refractivity contribution in [2.24, 2.45) is 11.8 Å². The van der Waals surface area contributed by atoms with Crippen LogP contribution < -0.4 is 0 Å². The van der Waals surface area contributed by atoms with Crippen LogP contribution in [-0.4, -0.2) is 43.4 Å². The SMILES string of the molecule is CCCC(CC)CCOC(=O)CC(C(=O)OCCC(CC)CCC)S(=O)(=O)O. The van der Waals surface area contributed by atoms with E-state index < -0.39 is 33.7 Å². The second-order valence-corrected chi connectivity index (χ2v) is 8.90. The maximum atomic E-state index is 12.1. The molecule has 3 unspecified atom stereocenters. The van der Waals surface area contributed by atoms with Gasteiger partial charge in [0.25, 0.3) is 10.1 Å². The molecule has 1 N–H and O–H groups in total. The van der Waals surface area contributed by atoms with E-state index in [2.05, 4.69) is 20.8 Å². The van der Waals surface area contributed by atoms with Crippen LogP contribution in [0, 0.1) is 11.8 Å². The molecule has 0 aromatic rings. The number of rotatable bonds is 16. The van der Waals surface area contributed by atoms with Gasteiger partial charge in [0, 0.05) is 0 Å². The molecule has 0 rings (SSSR count). The average molecular weight is 423 g/mol. The fourth-order valence-corrected chi connectivity index (χ4v) is 3.86. The van der Waals surface area contributed by atoms with Gasteiger partial charge in [0.05, 0.1) is 19.6 Å². The first-order valence-electron chi connectivity index (χ1n) is 10.5. The third-order valence-corrected chi connectivity index (χ3v) is 6.16. The lowest BCUT2D eigenvalue weighted by atomic mass is 9.98. The van der Waals surface area contributed by atoms with Gasteiger partial charge < -0.3 is 9.47 Å². The van der Waals surface area contributed by atoms with E-state index >= 15 is 0 Å². The molecule has 8 heteroatoms. The molecule has 0 spiro atoms. The highest BCUT2D eigenvalue weighted by Crippen LogP contribution is 2.17. The first-order valence-corrected chi connectivity index (χ1v) is 12.0. The summed E-state index contributed by atoms with van der Waals surface area (Å²) in [6.45, 7) is 8.49. The number of carbonyl (C=O) groups excluding carboxylic acids is 2. The molecule has 0 aliphatic heterocycles. The van der Waals surface area contributed by atoms with E-state index in [1.54, 1.807) is 0 Å². The van der Waals surface area contributed by atoms with E-state index in [1.807, 2.05) is 6.92 Å². The van der Waals surface area contributed by atoms with Gasteiger partial charge in [-0.25, -0.2) is 0 Å². The summed E-state index contributed by atoms with van der Waals surface area (Å²) in [5, 5.41) is -1.94. The summed E-state index contributed by atoms with van der Waals surface area (Å²) >= 11 is 0. The molecule has 0 aromatic carbocycles. The zero-order valence-electron chi connectivity index (χ0n) is 17.8. The van der Waals surface area contributed by atoms with Crippen LogP contribution in [0.4, 0.5) is 0 Å². The Morgan fingerprint density at radius 2 is 1.29 bits per heavy atom. The number of carbonyl (C=O) groups is 2. The van der Waals surface area contributed by atoms with Crippen LogP contribution in [-0.2, 0) is 29.2 Å². The molecular weight excluding hydrogens is 384 g/mol. The van der Waals surface area contributed by atoms with Crippen LogP contribution in [0.15, 0.2) is 0 Å². The Labute approximate surface area is 170 Å². The summed E-state index contributed by atoms with van der Waals surface area (Å²) in [6, 6.07) is 0. The summed E-state index contributed by atoms with van der Waals surface area (Å²) in [5.41, 5.74) is 0. The largest absolute Gasteiger partial charge is 0.466 e. The van der Waals surface area contributed by atoms with Gasteiger partial charge in [0.2, 0.25) is 0 Å². The second-order valence-electron chi connectivity index (χ2n) is 7.30. The molecule has 0 bridgehead atoms. The normalized spacial score (nSPS) is 14.9. The third kappa shape index (κ3) is 11.6. The Balaban J connectivity index is 4.57. The minimum Gasteiger partial charge on any atom is -0.466 e. The van der Waals surface area contributed by atoms with E-state index in [1.165, 1.54) is 0 Å². The molecule has 0 aliphatic carbocycles. The summed E-state index contributed by atoms with van der Waals surface area (Å²) in [4.78, 5) is 24.0. The predicted molar refractivity (Wildman–Crippen MR) is 108 cm³/mol. The van der Waals surface area contributed by atoms with Crippen molar-refractivity contribution in [1.29, 1.82) is 0 Å². The fourth-order valence-electron chi connectivity index (χ4n) is 3.20. The van der Waals surface area contributed by atoms with Gasteiger partial charge in [-0.05, 0) is 24.7 Å². The van der Waals surface area contributed by atoms with Crippen molar-refractivity contribution in [3.05, 3.63) is 0 Å². The molecule has 0 saturated heterocycles. The maximum Gasteiger partial charge on any atom is 0.327 e. The van der Waals surface area contributed by atoms with Gasteiger partial charge in [-0.15, -0.1) is 0 Å².